The number of hydrogen-bond donors (Lipinski definition) is 0. The third-order valence-corrected chi connectivity index (χ3v) is 6.75. The van der Waals surface area contributed by atoms with E-state index in [1.165, 1.54) is 11.8 Å². The number of ether oxygens (including phenoxy) is 2. The standard InChI is InChI=1S/C24H25N5O3S/c1-14-9-16(3)29-23(25-14)26-27-24(29)33-13-20(30)19-10-15(2)28(17(19)4)11-18-12-31-21-7-5-6-8-22(21)32-18/h5-10,18H,11-13H2,1-4H3/t18-/m0/s1. The fourth-order valence-electron chi connectivity index (χ4n) is 4.22. The number of hydrogen-bond acceptors (Lipinski definition) is 7. The Balaban J connectivity index is 1.30. The Bertz CT molecular complexity index is 1360. The highest BCUT2D eigenvalue weighted by Crippen LogP contribution is 2.32. The SMILES string of the molecule is Cc1cc(C)n2c(SCC(=O)c3cc(C)n(C[C@H]4COc5ccccc5O4)c3C)nnc2n1. The molecule has 0 amide bonds. The lowest BCUT2D eigenvalue weighted by Crippen LogP contribution is -2.33. The zero-order chi connectivity index (χ0) is 23.1. The summed E-state index contributed by atoms with van der Waals surface area (Å²) in [5.41, 5.74) is 4.55. The number of aromatic nitrogens is 5. The summed E-state index contributed by atoms with van der Waals surface area (Å²) in [6.45, 7) is 8.99. The van der Waals surface area contributed by atoms with Gasteiger partial charge in [0.1, 0.15) is 6.61 Å². The molecule has 0 saturated heterocycles. The number of ketones is 1. The second-order valence-electron chi connectivity index (χ2n) is 8.26. The minimum Gasteiger partial charge on any atom is -0.486 e. The number of Topliss-reactive ketones (excluding diaryl/α,β-unsaturated/α-hetero) is 1. The van der Waals surface area contributed by atoms with Crippen LogP contribution in [0.25, 0.3) is 5.78 Å². The number of rotatable bonds is 6. The maximum Gasteiger partial charge on any atom is 0.256 e. The van der Waals surface area contributed by atoms with Crippen LogP contribution < -0.4 is 9.47 Å². The van der Waals surface area contributed by atoms with Gasteiger partial charge in [-0.2, -0.15) is 0 Å². The number of thioether (sulfide) groups is 1. The Kier molecular flexibility index (Phi) is 5.57. The van der Waals surface area contributed by atoms with Gasteiger partial charge in [-0.25, -0.2) is 4.98 Å². The molecule has 0 radical (unpaired) electrons. The number of benzene rings is 1. The first-order chi connectivity index (χ1) is 15.9. The number of carbonyl (C=O) groups excluding carboxylic acids is 1. The second kappa shape index (κ2) is 8.55. The predicted octanol–water partition coefficient (Wildman–Crippen LogP) is 3.97. The zero-order valence-electron chi connectivity index (χ0n) is 19.0. The van der Waals surface area contributed by atoms with Crippen molar-refractivity contribution in [2.75, 3.05) is 12.4 Å². The zero-order valence-corrected chi connectivity index (χ0v) is 19.8. The van der Waals surface area contributed by atoms with Crippen LogP contribution >= 0.6 is 11.8 Å². The van der Waals surface area contributed by atoms with E-state index in [1.54, 1.807) is 0 Å². The average Bonchev–Trinajstić information content (AvgIpc) is 3.33. The number of carbonyl (C=O) groups is 1. The highest BCUT2D eigenvalue weighted by atomic mass is 32.2. The lowest BCUT2D eigenvalue weighted by atomic mass is 10.2. The Morgan fingerprint density at radius 2 is 1.88 bits per heavy atom. The summed E-state index contributed by atoms with van der Waals surface area (Å²) in [5, 5.41) is 9.05. The number of nitrogens with zero attached hydrogens (tertiary/aromatic N) is 5. The molecule has 1 aliphatic heterocycles. The van der Waals surface area contributed by atoms with Crippen molar-refractivity contribution >= 4 is 23.3 Å². The van der Waals surface area contributed by atoms with Crippen molar-refractivity contribution in [2.45, 2.75) is 45.5 Å². The molecule has 4 aromatic rings. The number of para-hydroxylation sites is 2. The highest BCUT2D eigenvalue weighted by molar-refractivity contribution is 7.99. The molecule has 4 heterocycles. The average molecular weight is 464 g/mol. The van der Waals surface area contributed by atoms with Crippen molar-refractivity contribution in [3.63, 3.8) is 0 Å². The second-order valence-corrected chi connectivity index (χ2v) is 9.20. The monoisotopic (exact) mass is 463 g/mol. The molecule has 1 aliphatic rings. The van der Waals surface area contributed by atoms with Gasteiger partial charge in [-0.1, -0.05) is 23.9 Å². The van der Waals surface area contributed by atoms with Crippen LogP contribution in [0.5, 0.6) is 11.5 Å². The minimum atomic E-state index is -0.122. The Hall–Kier alpha value is -3.33. The van der Waals surface area contributed by atoms with Crippen molar-refractivity contribution in [3.8, 4) is 11.5 Å². The van der Waals surface area contributed by atoms with E-state index in [0.29, 0.717) is 24.1 Å². The van der Waals surface area contributed by atoms with Crippen LogP contribution in [0.15, 0.2) is 41.6 Å². The molecule has 0 fully saturated rings. The van der Waals surface area contributed by atoms with Gasteiger partial charge in [0.15, 0.2) is 28.5 Å². The van der Waals surface area contributed by atoms with E-state index in [0.717, 1.165) is 39.8 Å². The maximum atomic E-state index is 13.1. The highest BCUT2D eigenvalue weighted by Gasteiger charge is 2.24. The Labute approximate surface area is 196 Å². The van der Waals surface area contributed by atoms with E-state index in [1.807, 2.05) is 68.5 Å². The summed E-state index contributed by atoms with van der Waals surface area (Å²) >= 11 is 1.38. The normalized spacial score (nSPS) is 15.2. The van der Waals surface area contributed by atoms with Crippen LogP contribution in [0.1, 0.15) is 33.1 Å². The molecule has 0 N–H and O–H groups in total. The molecule has 170 valence electrons. The summed E-state index contributed by atoms with van der Waals surface area (Å²) in [7, 11) is 0. The van der Waals surface area contributed by atoms with Gasteiger partial charge in [0, 0.05) is 28.3 Å². The van der Waals surface area contributed by atoms with E-state index in [9.17, 15) is 4.79 Å². The molecule has 33 heavy (non-hydrogen) atoms. The molecular formula is C24H25N5O3S. The van der Waals surface area contributed by atoms with Gasteiger partial charge >= 0.3 is 0 Å². The van der Waals surface area contributed by atoms with Gasteiger partial charge in [0.25, 0.3) is 5.78 Å². The molecule has 0 aliphatic carbocycles. The fraction of sp³-hybridized carbons (Fsp3) is 0.333. The van der Waals surface area contributed by atoms with Crippen LogP contribution in [-0.4, -0.2) is 48.4 Å². The molecule has 0 unspecified atom stereocenters. The molecule has 5 rings (SSSR count). The molecular weight excluding hydrogens is 438 g/mol. The fourth-order valence-corrected chi connectivity index (χ4v) is 5.09. The molecule has 9 heteroatoms. The van der Waals surface area contributed by atoms with E-state index in [2.05, 4.69) is 19.7 Å². The van der Waals surface area contributed by atoms with Crippen molar-refractivity contribution in [1.82, 2.24) is 24.1 Å². The van der Waals surface area contributed by atoms with Crippen molar-refractivity contribution in [1.29, 1.82) is 0 Å². The molecule has 1 atom stereocenters. The van der Waals surface area contributed by atoms with E-state index >= 15 is 0 Å². The summed E-state index contributed by atoms with van der Waals surface area (Å²) < 4.78 is 16.0. The summed E-state index contributed by atoms with van der Waals surface area (Å²) in [6.07, 6.45) is -0.122. The third-order valence-electron chi connectivity index (χ3n) is 5.82. The minimum absolute atomic E-state index is 0.0555. The predicted molar refractivity (Wildman–Crippen MR) is 126 cm³/mol. The quantitative estimate of drug-likeness (QED) is 0.316. The van der Waals surface area contributed by atoms with Crippen LogP contribution in [0.2, 0.25) is 0 Å². The van der Waals surface area contributed by atoms with Crippen molar-refractivity contribution < 1.29 is 14.3 Å². The largest absolute Gasteiger partial charge is 0.486 e. The first-order valence-corrected chi connectivity index (χ1v) is 11.8. The lowest BCUT2D eigenvalue weighted by molar-refractivity contribution is 0.0777. The lowest BCUT2D eigenvalue weighted by Gasteiger charge is -2.27. The van der Waals surface area contributed by atoms with Crippen molar-refractivity contribution in [2.24, 2.45) is 0 Å². The third kappa shape index (κ3) is 4.08. The van der Waals surface area contributed by atoms with Crippen LogP contribution in [0.4, 0.5) is 0 Å². The van der Waals surface area contributed by atoms with Gasteiger partial charge in [-0.3, -0.25) is 9.20 Å². The molecule has 0 saturated carbocycles. The van der Waals surface area contributed by atoms with Crippen LogP contribution in [-0.2, 0) is 6.54 Å². The summed E-state index contributed by atoms with van der Waals surface area (Å²) in [5.74, 6) is 2.40. The first kappa shape index (κ1) is 21.5. The van der Waals surface area contributed by atoms with E-state index in [-0.39, 0.29) is 17.6 Å². The summed E-state index contributed by atoms with van der Waals surface area (Å²) in [4.78, 5) is 17.5. The van der Waals surface area contributed by atoms with E-state index in [4.69, 9.17) is 9.47 Å². The van der Waals surface area contributed by atoms with Gasteiger partial charge in [0.05, 0.1) is 12.3 Å². The van der Waals surface area contributed by atoms with E-state index < -0.39 is 0 Å². The van der Waals surface area contributed by atoms with Crippen LogP contribution in [0, 0.1) is 27.7 Å². The molecule has 8 nitrogen and oxygen atoms in total. The Morgan fingerprint density at radius 1 is 1.09 bits per heavy atom. The van der Waals surface area contributed by atoms with Gasteiger partial charge in [-0.15, -0.1) is 10.2 Å². The Morgan fingerprint density at radius 3 is 2.70 bits per heavy atom. The number of aryl methyl sites for hydroxylation is 3. The topological polar surface area (TPSA) is 83.5 Å². The van der Waals surface area contributed by atoms with Crippen LogP contribution in [0.3, 0.4) is 0 Å². The van der Waals surface area contributed by atoms with Gasteiger partial charge in [0.2, 0.25) is 0 Å². The molecule has 3 aromatic heterocycles. The van der Waals surface area contributed by atoms with Gasteiger partial charge in [-0.05, 0) is 52.0 Å². The summed E-state index contributed by atoms with van der Waals surface area (Å²) in [6, 6.07) is 11.6. The smallest absolute Gasteiger partial charge is 0.256 e. The molecule has 1 aromatic carbocycles. The first-order valence-electron chi connectivity index (χ1n) is 10.8. The molecule has 0 bridgehead atoms. The van der Waals surface area contributed by atoms with Gasteiger partial charge < -0.3 is 14.0 Å². The van der Waals surface area contributed by atoms with Crippen molar-refractivity contribution in [3.05, 3.63) is 64.7 Å². The molecule has 0 spiro atoms. The maximum absolute atomic E-state index is 13.1. The number of fused-ring (bicyclic) bond motifs is 2.